The summed E-state index contributed by atoms with van der Waals surface area (Å²) in [6.45, 7) is 2.95. The normalized spacial score (nSPS) is 13.4. The van der Waals surface area contributed by atoms with Crippen molar-refractivity contribution in [3.8, 4) is 0 Å². The number of anilines is 2. The van der Waals surface area contributed by atoms with Crippen molar-refractivity contribution in [2.75, 3.05) is 23.8 Å². The summed E-state index contributed by atoms with van der Waals surface area (Å²) in [7, 11) is 0. The summed E-state index contributed by atoms with van der Waals surface area (Å²) in [5.74, 6) is 1.44. The minimum Gasteiger partial charge on any atom is -0.465 e. The van der Waals surface area contributed by atoms with E-state index in [1.165, 1.54) is 0 Å². The zero-order valence-corrected chi connectivity index (χ0v) is 24.4. The average molecular weight is 572 g/mol. The molecule has 1 aromatic heterocycles. The zero-order chi connectivity index (χ0) is 29.5. The molecule has 6 rings (SSSR count). The number of aromatic nitrogens is 2. The van der Waals surface area contributed by atoms with Gasteiger partial charge in [-0.25, -0.2) is 9.98 Å². The number of hydrogen-bond donors (Lipinski definition) is 3. The summed E-state index contributed by atoms with van der Waals surface area (Å²) in [4.78, 5) is 9.81. The molecule has 7 heteroatoms. The highest BCUT2D eigenvalue weighted by Crippen LogP contribution is 2.46. The molecule has 0 saturated heterocycles. The SMILES string of the molecule is CCCOC1=NCc2nc(N[C@H](CO)Cc3ccccc3)n(C(c3ccccc3)(c3ccccc3)c3ccccc3)c2N1. The smallest absolute Gasteiger partial charge is 0.290 e. The molecule has 43 heavy (non-hydrogen) atoms. The van der Waals surface area contributed by atoms with Crippen LogP contribution in [0.2, 0.25) is 0 Å². The predicted octanol–water partition coefficient (Wildman–Crippen LogP) is 6.45. The van der Waals surface area contributed by atoms with Crippen LogP contribution in [0.1, 0.15) is 41.3 Å². The minimum atomic E-state index is -0.834. The summed E-state index contributed by atoms with van der Waals surface area (Å²) >= 11 is 0. The molecule has 5 aromatic rings. The molecule has 0 unspecified atom stereocenters. The first-order chi connectivity index (χ1) is 21.2. The number of fused-ring (bicyclic) bond motifs is 1. The van der Waals surface area contributed by atoms with Crippen molar-refractivity contribution in [2.45, 2.75) is 37.9 Å². The van der Waals surface area contributed by atoms with Crippen LogP contribution in [0.25, 0.3) is 0 Å². The van der Waals surface area contributed by atoms with Crippen molar-refractivity contribution in [3.63, 3.8) is 0 Å². The number of imidazole rings is 1. The molecule has 0 radical (unpaired) electrons. The van der Waals surface area contributed by atoms with Crippen LogP contribution in [0.15, 0.2) is 126 Å². The molecule has 0 aliphatic carbocycles. The summed E-state index contributed by atoms with van der Waals surface area (Å²) < 4.78 is 8.24. The van der Waals surface area contributed by atoms with E-state index in [-0.39, 0.29) is 12.6 Å². The van der Waals surface area contributed by atoms with Crippen LogP contribution in [0.3, 0.4) is 0 Å². The summed E-state index contributed by atoms with van der Waals surface area (Å²) in [6.07, 6.45) is 1.51. The third kappa shape index (κ3) is 5.64. The van der Waals surface area contributed by atoms with Crippen LogP contribution >= 0.6 is 0 Å². The molecule has 1 atom stereocenters. The first-order valence-electron chi connectivity index (χ1n) is 14.9. The van der Waals surface area contributed by atoms with Gasteiger partial charge >= 0.3 is 0 Å². The minimum absolute atomic E-state index is 0.0593. The quantitative estimate of drug-likeness (QED) is 0.159. The lowest BCUT2D eigenvalue weighted by atomic mass is 9.76. The van der Waals surface area contributed by atoms with Crippen LogP contribution in [-0.2, 0) is 23.2 Å². The van der Waals surface area contributed by atoms with E-state index in [1.54, 1.807) is 0 Å². The molecule has 4 aromatic carbocycles. The molecular weight excluding hydrogens is 534 g/mol. The summed E-state index contributed by atoms with van der Waals surface area (Å²) in [5.41, 5.74) is 4.31. The molecule has 218 valence electrons. The van der Waals surface area contributed by atoms with E-state index in [0.717, 1.165) is 40.2 Å². The van der Waals surface area contributed by atoms with E-state index in [1.807, 2.05) is 36.4 Å². The standard InChI is InChI=1S/C36H37N5O2/c1-2-23-43-35-37-25-32-33(40-35)41(34(39-32)38-31(26-42)24-27-15-7-3-8-16-27)36(28-17-9-4-10-18-28,29-19-11-5-12-20-29)30-21-13-6-14-22-30/h3-22,31,42H,2,23-26H2,1H3,(H,37,40)(H,38,39)/t31-/m0/s1. The van der Waals surface area contributed by atoms with Gasteiger partial charge in [0.05, 0.1) is 25.8 Å². The number of nitrogens with zero attached hydrogens (tertiary/aromatic N) is 3. The van der Waals surface area contributed by atoms with Gasteiger partial charge in [-0.15, -0.1) is 0 Å². The van der Waals surface area contributed by atoms with Gasteiger partial charge in [-0.1, -0.05) is 128 Å². The Kier molecular flexibility index (Phi) is 8.52. The van der Waals surface area contributed by atoms with Crippen LogP contribution < -0.4 is 10.6 Å². The molecule has 7 nitrogen and oxygen atoms in total. The Morgan fingerprint density at radius 2 is 1.37 bits per heavy atom. The van der Waals surface area contributed by atoms with E-state index in [4.69, 9.17) is 9.72 Å². The number of aliphatic imine (C=N–C) groups is 1. The average Bonchev–Trinajstić information content (AvgIpc) is 3.43. The van der Waals surface area contributed by atoms with E-state index < -0.39 is 5.54 Å². The number of benzene rings is 4. The lowest BCUT2D eigenvalue weighted by Crippen LogP contribution is -2.41. The van der Waals surface area contributed by atoms with Crippen molar-refractivity contribution in [1.82, 2.24) is 9.55 Å². The Bertz CT molecular complexity index is 1540. The Balaban J connectivity index is 1.60. The van der Waals surface area contributed by atoms with Crippen molar-refractivity contribution in [1.29, 1.82) is 0 Å². The summed E-state index contributed by atoms with van der Waals surface area (Å²) in [6, 6.07) is 41.9. The number of aliphatic hydroxyl groups is 1. The van der Waals surface area contributed by atoms with Crippen LogP contribution in [-0.4, -0.2) is 39.9 Å². The van der Waals surface area contributed by atoms with E-state index in [0.29, 0.717) is 31.5 Å². The third-order valence-corrected chi connectivity index (χ3v) is 7.78. The number of nitrogens with one attached hydrogen (secondary N) is 2. The predicted molar refractivity (Wildman–Crippen MR) is 172 cm³/mol. The number of aliphatic hydroxyl groups excluding tert-OH is 1. The van der Waals surface area contributed by atoms with Gasteiger partial charge in [0.2, 0.25) is 5.95 Å². The Morgan fingerprint density at radius 1 is 0.837 bits per heavy atom. The zero-order valence-electron chi connectivity index (χ0n) is 24.4. The second-order valence-corrected chi connectivity index (χ2v) is 10.7. The van der Waals surface area contributed by atoms with Gasteiger partial charge in [0, 0.05) is 0 Å². The molecule has 0 fully saturated rings. The highest BCUT2D eigenvalue weighted by Gasteiger charge is 2.43. The molecular formula is C36H37N5O2. The van der Waals surface area contributed by atoms with Crippen molar-refractivity contribution >= 4 is 17.8 Å². The Hall–Kier alpha value is -4.88. The maximum Gasteiger partial charge on any atom is 0.290 e. The van der Waals surface area contributed by atoms with Crippen LogP contribution in [0, 0.1) is 0 Å². The number of ether oxygens (including phenoxy) is 1. The molecule has 2 heterocycles. The van der Waals surface area contributed by atoms with Gasteiger partial charge in [-0.2, -0.15) is 0 Å². The van der Waals surface area contributed by atoms with Gasteiger partial charge in [0.25, 0.3) is 6.02 Å². The van der Waals surface area contributed by atoms with Crippen LogP contribution in [0.5, 0.6) is 0 Å². The van der Waals surface area contributed by atoms with Gasteiger partial charge in [0.1, 0.15) is 17.1 Å². The monoisotopic (exact) mass is 571 g/mol. The maximum absolute atomic E-state index is 10.6. The lowest BCUT2D eigenvalue weighted by Gasteiger charge is -2.40. The fraction of sp³-hybridized carbons (Fsp3) is 0.222. The third-order valence-electron chi connectivity index (χ3n) is 7.78. The number of rotatable bonds is 11. The van der Waals surface area contributed by atoms with E-state index >= 15 is 0 Å². The fourth-order valence-corrected chi connectivity index (χ4v) is 5.86. The molecule has 0 bridgehead atoms. The first-order valence-corrected chi connectivity index (χ1v) is 14.9. The van der Waals surface area contributed by atoms with E-state index in [9.17, 15) is 5.11 Å². The van der Waals surface area contributed by atoms with Gasteiger partial charge < -0.3 is 15.2 Å². The Labute approximate surface area is 252 Å². The Morgan fingerprint density at radius 3 is 1.88 bits per heavy atom. The van der Waals surface area contributed by atoms with E-state index in [2.05, 4.69) is 112 Å². The van der Waals surface area contributed by atoms with Gasteiger partial charge in [-0.05, 0) is 35.1 Å². The topological polar surface area (TPSA) is 83.7 Å². The van der Waals surface area contributed by atoms with Crippen molar-refractivity contribution in [2.24, 2.45) is 4.99 Å². The molecule has 0 spiro atoms. The number of hydrogen-bond acceptors (Lipinski definition) is 6. The van der Waals surface area contributed by atoms with Gasteiger partial charge in [-0.3, -0.25) is 9.88 Å². The van der Waals surface area contributed by atoms with Crippen molar-refractivity contribution in [3.05, 3.63) is 149 Å². The molecule has 1 aliphatic heterocycles. The second-order valence-electron chi connectivity index (χ2n) is 10.7. The molecule has 0 saturated carbocycles. The van der Waals surface area contributed by atoms with Crippen molar-refractivity contribution < 1.29 is 9.84 Å². The van der Waals surface area contributed by atoms with Crippen LogP contribution in [0.4, 0.5) is 11.8 Å². The molecule has 0 amide bonds. The van der Waals surface area contributed by atoms with Gasteiger partial charge in [0.15, 0.2) is 0 Å². The fourth-order valence-electron chi connectivity index (χ4n) is 5.86. The summed E-state index contributed by atoms with van der Waals surface area (Å²) in [5, 5.41) is 17.7. The lowest BCUT2D eigenvalue weighted by molar-refractivity contribution is 0.272. The largest absolute Gasteiger partial charge is 0.465 e. The first kappa shape index (κ1) is 28.2. The second kappa shape index (κ2) is 13.0. The highest BCUT2D eigenvalue weighted by molar-refractivity contribution is 5.91. The molecule has 1 aliphatic rings. The molecule has 3 N–H and O–H groups in total. The highest BCUT2D eigenvalue weighted by atomic mass is 16.5. The number of amidine groups is 1. The maximum atomic E-state index is 10.6.